The highest BCUT2D eigenvalue weighted by atomic mass is 16.3. The van der Waals surface area contributed by atoms with E-state index in [-0.39, 0.29) is 18.1 Å². The topological polar surface area (TPSA) is 53.7 Å². The van der Waals surface area contributed by atoms with Crippen LogP contribution in [0, 0.1) is 0 Å². The lowest BCUT2D eigenvalue weighted by atomic mass is 10.1. The van der Waals surface area contributed by atoms with Crippen LogP contribution in [0.15, 0.2) is 47.1 Å². The number of furan rings is 1. The van der Waals surface area contributed by atoms with Gasteiger partial charge in [-0.2, -0.15) is 0 Å². The fourth-order valence-electron chi connectivity index (χ4n) is 1.92. The highest BCUT2D eigenvalue weighted by Crippen LogP contribution is 2.13. The summed E-state index contributed by atoms with van der Waals surface area (Å²) in [4.78, 5) is 13.9. The number of likely N-dealkylation sites (N-methyl/N-ethyl adjacent to an activating group) is 1. The van der Waals surface area contributed by atoms with Gasteiger partial charge in [0.2, 0.25) is 5.91 Å². The summed E-state index contributed by atoms with van der Waals surface area (Å²) in [5.74, 6) is 0.968. The number of benzene rings is 1. The van der Waals surface area contributed by atoms with Crippen molar-refractivity contribution < 1.29 is 14.3 Å². The first kappa shape index (κ1) is 13.2. The summed E-state index contributed by atoms with van der Waals surface area (Å²) in [7, 11) is 0. The molecule has 0 spiro atoms. The third-order valence-corrected chi connectivity index (χ3v) is 2.93. The summed E-state index contributed by atoms with van der Waals surface area (Å²) < 4.78 is 5.25. The lowest BCUT2D eigenvalue weighted by Crippen LogP contribution is -2.31. The van der Waals surface area contributed by atoms with Gasteiger partial charge in [0, 0.05) is 6.54 Å². The fourth-order valence-corrected chi connectivity index (χ4v) is 1.92. The lowest BCUT2D eigenvalue weighted by Gasteiger charge is -2.19. The number of aromatic hydroxyl groups is 1. The Morgan fingerprint density at radius 1 is 1.32 bits per heavy atom. The van der Waals surface area contributed by atoms with Crippen LogP contribution in [0.5, 0.6) is 5.75 Å². The number of carbonyl (C=O) groups is 1. The van der Waals surface area contributed by atoms with Gasteiger partial charge in [-0.1, -0.05) is 12.1 Å². The third-order valence-electron chi connectivity index (χ3n) is 2.93. The largest absolute Gasteiger partial charge is 0.508 e. The molecule has 0 saturated heterocycles. The van der Waals surface area contributed by atoms with Crippen LogP contribution in [-0.2, 0) is 17.8 Å². The van der Waals surface area contributed by atoms with E-state index < -0.39 is 0 Å². The molecule has 2 rings (SSSR count). The summed E-state index contributed by atoms with van der Waals surface area (Å²) in [6, 6.07) is 10.4. The number of phenols is 1. The van der Waals surface area contributed by atoms with Gasteiger partial charge in [0.15, 0.2) is 0 Å². The van der Waals surface area contributed by atoms with Gasteiger partial charge in [0.1, 0.15) is 11.5 Å². The smallest absolute Gasteiger partial charge is 0.227 e. The third kappa shape index (κ3) is 3.61. The van der Waals surface area contributed by atoms with E-state index in [0.717, 1.165) is 11.3 Å². The van der Waals surface area contributed by atoms with Gasteiger partial charge < -0.3 is 14.4 Å². The number of rotatable bonds is 5. The highest BCUT2D eigenvalue weighted by Gasteiger charge is 2.14. The molecule has 0 bridgehead atoms. The van der Waals surface area contributed by atoms with Crippen molar-refractivity contribution in [1.29, 1.82) is 0 Å². The first-order valence-electron chi connectivity index (χ1n) is 6.27. The minimum atomic E-state index is 0.0181. The summed E-state index contributed by atoms with van der Waals surface area (Å²) in [5, 5.41) is 9.39. The second-order valence-electron chi connectivity index (χ2n) is 4.33. The Morgan fingerprint density at radius 2 is 2.16 bits per heavy atom. The molecule has 0 radical (unpaired) electrons. The van der Waals surface area contributed by atoms with Crippen LogP contribution in [-0.4, -0.2) is 22.5 Å². The molecule has 0 fully saturated rings. The van der Waals surface area contributed by atoms with Crippen LogP contribution < -0.4 is 0 Å². The normalized spacial score (nSPS) is 10.4. The zero-order valence-corrected chi connectivity index (χ0v) is 10.9. The van der Waals surface area contributed by atoms with E-state index in [0.29, 0.717) is 13.1 Å². The van der Waals surface area contributed by atoms with E-state index in [1.807, 2.05) is 25.1 Å². The molecular formula is C15H17NO3. The lowest BCUT2D eigenvalue weighted by molar-refractivity contribution is -0.131. The predicted molar refractivity (Wildman–Crippen MR) is 71.6 cm³/mol. The van der Waals surface area contributed by atoms with Crippen molar-refractivity contribution in [2.24, 2.45) is 0 Å². The number of hydrogen-bond acceptors (Lipinski definition) is 3. The summed E-state index contributed by atoms with van der Waals surface area (Å²) in [6.45, 7) is 3.03. The molecule has 1 heterocycles. The molecule has 4 heteroatoms. The molecule has 0 aliphatic heterocycles. The van der Waals surface area contributed by atoms with Crippen molar-refractivity contribution in [1.82, 2.24) is 4.90 Å². The second kappa shape index (κ2) is 6.09. The molecule has 1 N–H and O–H groups in total. The van der Waals surface area contributed by atoms with Gasteiger partial charge in [-0.3, -0.25) is 4.79 Å². The Hall–Kier alpha value is -2.23. The van der Waals surface area contributed by atoms with Gasteiger partial charge in [-0.05, 0) is 36.8 Å². The Balaban J connectivity index is 2.00. The molecule has 0 aliphatic carbocycles. The maximum Gasteiger partial charge on any atom is 0.227 e. The standard InChI is InChI=1S/C15H17NO3/c1-2-16(11-14-7-4-8-19-14)15(18)10-12-5-3-6-13(17)9-12/h3-9,17H,2,10-11H2,1H3. The van der Waals surface area contributed by atoms with Crippen molar-refractivity contribution in [3.8, 4) is 5.75 Å². The number of nitrogens with zero attached hydrogens (tertiary/aromatic N) is 1. The fraction of sp³-hybridized carbons (Fsp3) is 0.267. The summed E-state index contributed by atoms with van der Waals surface area (Å²) in [5.41, 5.74) is 0.808. The van der Waals surface area contributed by atoms with Crippen LogP contribution >= 0.6 is 0 Å². The zero-order valence-electron chi connectivity index (χ0n) is 10.9. The number of carbonyl (C=O) groups excluding carboxylic acids is 1. The highest BCUT2D eigenvalue weighted by molar-refractivity contribution is 5.78. The van der Waals surface area contributed by atoms with Gasteiger partial charge in [0.05, 0.1) is 19.2 Å². The number of hydrogen-bond donors (Lipinski definition) is 1. The monoisotopic (exact) mass is 259 g/mol. The molecule has 0 unspecified atom stereocenters. The molecule has 1 aromatic carbocycles. The van der Waals surface area contributed by atoms with Crippen molar-refractivity contribution >= 4 is 5.91 Å². The van der Waals surface area contributed by atoms with Crippen LogP contribution in [0.4, 0.5) is 0 Å². The molecule has 2 aromatic rings. The molecule has 4 nitrogen and oxygen atoms in total. The molecule has 0 aliphatic rings. The predicted octanol–water partition coefficient (Wildman–Crippen LogP) is 2.58. The Morgan fingerprint density at radius 3 is 2.79 bits per heavy atom. The molecule has 1 aromatic heterocycles. The first-order valence-corrected chi connectivity index (χ1v) is 6.27. The van der Waals surface area contributed by atoms with Crippen molar-refractivity contribution in [2.75, 3.05) is 6.54 Å². The molecule has 19 heavy (non-hydrogen) atoms. The minimum absolute atomic E-state index is 0.0181. The van der Waals surface area contributed by atoms with E-state index in [2.05, 4.69) is 0 Å². The van der Waals surface area contributed by atoms with Gasteiger partial charge in [-0.15, -0.1) is 0 Å². The maximum absolute atomic E-state index is 12.2. The second-order valence-corrected chi connectivity index (χ2v) is 4.33. The zero-order chi connectivity index (χ0) is 13.7. The SMILES string of the molecule is CCN(Cc1ccco1)C(=O)Cc1cccc(O)c1. The van der Waals surface area contributed by atoms with Crippen LogP contribution in [0.1, 0.15) is 18.2 Å². The minimum Gasteiger partial charge on any atom is -0.508 e. The number of phenolic OH excluding ortho intramolecular Hbond substituents is 1. The van der Waals surface area contributed by atoms with Crippen molar-refractivity contribution in [3.63, 3.8) is 0 Å². The van der Waals surface area contributed by atoms with Gasteiger partial charge >= 0.3 is 0 Å². The van der Waals surface area contributed by atoms with Crippen LogP contribution in [0.25, 0.3) is 0 Å². The maximum atomic E-state index is 12.2. The average molecular weight is 259 g/mol. The Kier molecular flexibility index (Phi) is 4.23. The first-order chi connectivity index (χ1) is 9.19. The molecule has 100 valence electrons. The molecular weight excluding hydrogens is 242 g/mol. The van der Waals surface area contributed by atoms with E-state index in [1.165, 1.54) is 0 Å². The molecule has 1 amide bonds. The quantitative estimate of drug-likeness (QED) is 0.897. The Bertz CT molecular complexity index is 534. The number of amides is 1. The van der Waals surface area contributed by atoms with E-state index in [9.17, 15) is 9.90 Å². The average Bonchev–Trinajstić information content (AvgIpc) is 2.88. The van der Waals surface area contributed by atoms with E-state index in [4.69, 9.17) is 4.42 Å². The summed E-state index contributed by atoms with van der Waals surface area (Å²) in [6.07, 6.45) is 1.88. The van der Waals surface area contributed by atoms with E-state index in [1.54, 1.807) is 29.4 Å². The summed E-state index contributed by atoms with van der Waals surface area (Å²) >= 11 is 0. The van der Waals surface area contributed by atoms with Gasteiger partial charge in [0.25, 0.3) is 0 Å². The molecule has 0 atom stereocenters. The van der Waals surface area contributed by atoms with Crippen molar-refractivity contribution in [2.45, 2.75) is 19.9 Å². The van der Waals surface area contributed by atoms with Crippen molar-refractivity contribution in [3.05, 3.63) is 54.0 Å². The Labute approximate surface area is 112 Å². The van der Waals surface area contributed by atoms with E-state index >= 15 is 0 Å². The van der Waals surface area contributed by atoms with Crippen LogP contribution in [0.2, 0.25) is 0 Å². The van der Waals surface area contributed by atoms with Crippen LogP contribution in [0.3, 0.4) is 0 Å². The van der Waals surface area contributed by atoms with Gasteiger partial charge in [-0.25, -0.2) is 0 Å². The molecule has 0 saturated carbocycles.